The predicted molar refractivity (Wildman–Crippen MR) is 51.2 cm³/mol. The molecule has 0 radical (unpaired) electrons. The number of hydrogen-bond donors (Lipinski definition) is 0. The van der Waals surface area contributed by atoms with Crippen molar-refractivity contribution in [2.45, 2.75) is 33.6 Å². The second kappa shape index (κ2) is 4.23. The Labute approximate surface area is 70.7 Å². The van der Waals surface area contributed by atoms with Crippen LogP contribution in [-0.2, 0) is 0 Å². The molecule has 0 heterocycles. The maximum atomic E-state index is 5.51. The van der Waals surface area contributed by atoms with Crippen molar-refractivity contribution in [3.05, 3.63) is 12.7 Å². The molecule has 0 aliphatic heterocycles. The van der Waals surface area contributed by atoms with Crippen LogP contribution in [0.5, 0.6) is 0 Å². The fourth-order valence-electron chi connectivity index (χ4n) is 1.37. The topological polar surface area (TPSA) is 0 Å². The molecule has 0 saturated carbocycles. The number of rotatable bonds is 4. The maximum Gasteiger partial charge on any atom is 0.0366 e. The highest BCUT2D eigenvalue weighted by Gasteiger charge is 2.27. The van der Waals surface area contributed by atoms with Gasteiger partial charge in [-0.2, -0.15) is 0 Å². The van der Waals surface area contributed by atoms with Gasteiger partial charge in [-0.3, -0.25) is 0 Å². The van der Waals surface area contributed by atoms with E-state index < -0.39 is 0 Å². The summed E-state index contributed by atoms with van der Waals surface area (Å²) in [5.74, 6) is 3.43. The van der Waals surface area contributed by atoms with Gasteiger partial charge in [-0.25, -0.2) is 0 Å². The third-order valence-corrected chi connectivity index (χ3v) is 2.53. The third kappa shape index (κ3) is 2.12. The summed E-state index contributed by atoms with van der Waals surface area (Å²) in [6.45, 7) is 10.2. The van der Waals surface area contributed by atoms with E-state index in [0.717, 1.165) is 12.8 Å². The summed E-state index contributed by atoms with van der Waals surface area (Å²) in [4.78, 5) is 0. The number of allylic oxidation sites excluding steroid dienone is 1. The van der Waals surface area contributed by atoms with Gasteiger partial charge in [0, 0.05) is 5.41 Å². The lowest BCUT2D eigenvalue weighted by Gasteiger charge is -2.30. The molecule has 0 N–H and O–H groups in total. The Morgan fingerprint density at radius 2 is 2.18 bits per heavy atom. The largest absolute Gasteiger partial charge is 0.119 e. The minimum atomic E-state index is 0.0434. The molecule has 0 heteroatoms. The van der Waals surface area contributed by atoms with Gasteiger partial charge in [-0.05, 0) is 18.8 Å². The van der Waals surface area contributed by atoms with E-state index in [1.807, 2.05) is 6.08 Å². The molecular weight excluding hydrogens is 132 g/mol. The summed E-state index contributed by atoms with van der Waals surface area (Å²) in [5, 5.41) is 0. The predicted octanol–water partition coefficient (Wildman–Crippen LogP) is 3.25. The van der Waals surface area contributed by atoms with Crippen molar-refractivity contribution < 1.29 is 0 Å². The molecule has 0 amide bonds. The van der Waals surface area contributed by atoms with Crippen molar-refractivity contribution in [3.63, 3.8) is 0 Å². The molecule has 0 aromatic rings. The molecule has 0 rings (SSSR count). The highest BCUT2D eigenvalue weighted by atomic mass is 14.3. The Morgan fingerprint density at radius 1 is 1.64 bits per heavy atom. The van der Waals surface area contributed by atoms with Gasteiger partial charge in [-0.1, -0.05) is 32.8 Å². The van der Waals surface area contributed by atoms with Crippen molar-refractivity contribution in [3.8, 4) is 12.3 Å². The molecule has 62 valence electrons. The average Bonchev–Trinajstić information content (AvgIpc) is 2.00. The average molecular weight is 150 g/mol. The van der Waals surface area contributed by atoms with E-state index in [-0.39, 0.29) is 5.41 Å². The quantitative estimate of drug-likeness (QED) is 0.426. The molecule has 0 fully saturated rings. The third-order valence-electron chi connectivity index (χ3n) is 2.53. The van der Waals surface area contributed by atoms with Crippen LogP contribution in [0.3, 0.4) is 0 Å². The lowest BCUT2D eigenvalue weighted by atomic mass is 9.73. The Morgan fingerprint density at radius 3 is 2.27 bits per heavy atom. The van der Waals surface area contributed by atoms with Crippen molar-refractivity contribution in [1.29, 1.82) is 0 Å². The highest BCUT2D eigenvalue weighted by Crippen LogP contribution is 2.34. The maximum absolute atomic E-state index is 5.51. The first-order valence-electron chi connectivity index (χ1n) is 4.21. The van der Waals surface area contributed by atoms with Crippen molar-refractivity contribution in [2.24, 2.45) is 11.3 Å². The van der Waals surface area contributed by atoms with Crippen LogP contribution in [-0.4, -0.2) is 0 Å². The lowest BCUT2D eigenvalue weighted by molar-refractivity contribution is 0.274. The van der Waals surface area contributed by atoms with E-state index >= 15 is 0 Å². The Bertz CT molecular complexity index is 159. The molecule has 0 spiro atoms. The summed E-state index contributed by atoms with van der Waals surface area (Å²) >= 11 is 0. The fourth-order valence-corrected chi connectivity index (χ4v) is 1.37. The van der Waals surface area contributed by atoms with Gasteiger partial charge in [0.1, 0.15) is 0 Å². The molecular formula is C11H18. The molecule has 0 aliphatic carbocycles. The monoisotopic (exact) mass is 150 g/mol. The van der Waals surface area contributed by atoms with Gasteiger partial charge in [0.05, 0.1) is 0 Å². The van der Waals surface area contributed by atoms with Gasteiger partial charge in [0.25, 0.3) is 0 Å². The first-order chi connectivity index (χ1) is 5.13. The Hall–Kier alpha value is -0.700. The molecule has 0 aromatic carbocycles. The summed E-state index contributed by atoms with van der Waals surface area (Å²) in [7, 11) is 0. The van der Waals surface area contributed by atoms with E-state index in [1.165, 1.54) is 0 Å². The van der Waals surface area contributed by atoms with Crippen LogP contribution < -0.4 is 0 Å². The molecule has 1 unspecified atom stereocenters. The lowest BCUT2D eigenvalue weighted by Crippen LogP contribution is -2.23. The zero-order chi connectivity index (χ0) is 8.91. The van der Waals surface area contributed by atoms with Crippen molar-refractivity contribution >= 4 is 0 Å². The van der Waals surface area contributed by atoms with Crippen molar-refractivity contribution in [1.82, 2.24) is 0 Å². The van der Waals surface area contributed by atoms with Crippen LogP contribution in [0.4, 0.5) is 0 Å². The minimum Gasteiger partial charge on any atom is -0.119 e. The van der Waals surface area contributed by atoms with Gasteiger partial charge in [-0.15, -0.1) is 13.0 Å². The first-order valence-corrected chi connectivity index (χ1v) is 4.21. The minimum absolute atomic E-state index is 0.0434. The van der Waals surface area contributed by atoms with Gasteiger partial charge < -0.3 is 0 Å². The van der Waals surface area contributed by atoms with Crippen LogP contribution in [0, 0.1) is 23.7 Å². The zero-order valence-electron chi connectivity index (χ0n) is 7.85. The van der Waals surface area contributed by atoms with E-state index in [4.69, 9.17) is 6.42 Å². The van der Waals surface area contributed by atoms with E-state index in [0.29, 0.717) is 5.92 Å². The molecule has 0 aliphatic rings. The van der Waals surface area contributed by atoms with E-state index in [2.05, 4.69) is 33.3 Å². The Balaban J connectivity index is 4.49. The highest BCUT2D eigenvalue weighted by molar-refractivity contribution is 5.09. The molecule has 0 saturated heterocycles. The van der Waals surface area contributed by atoms with E-state index in [9.17, 15) is 0 Å². The summed E-state index contributed by atoms with van der Waals surface area (Å²) in [5.41, 5.74) is 0.0434. The number of terminal acetylenes is 1. The van der Waals surface area contributed by atoms with Gasteiger partial charge in [0.15, 0.2) is 0 Å². The smallest absolute Gasteiger partial charge is 0.0366 e. The Kier molecular flexibility index (Phi) is 3.97. The van der Waals surface area contributed by atoms with Crippen LogP contribution in [0.2, 0.25) is 0 Å². The summed E-state index contributed by atoms with van der Waals surface area (Å²) in [6.07, 6.45) is 9.39. The zero-order valence-corrected chi connectivity index (χ0v) is 7.85. The second-order valence-corrected chi connectivity index (χ2v) is 3.30. The molecule has 1 atom stereocenters. The van der Waals surface area contributed by atoms with Gasteiger partial charge >= 0.3 is 0 Å². The number of hydrogen-bond acceptors (Lipinski definition) is 0. The summed E-state index contributed by atoms with van der Waals surface area (Å²) in [6, 6.07) is 0. The first kappa shape index (κ1) is 10.3. The van der Waals surface area contributed by atoms with Gasteiger partial charge in [0.2, 0.25) is 0 Å². The molecule has 0 nitrogen and oxygen atoms in total. The second-order valence-electron chi connectivity index (χ2n) is 3.30. The van der Waals surface area contributed by atoms with E-state index in [1.54, 1.807) is 0 Å². The van der Waals surface area contributed by atoms with Crippen LogP contribution in [0.25, 0.3) is 0 Å². The fraction of sp³-hybridized carbons (Fsp3) is 0.636. The van der Waals surface area contributed by atoms with Crippen LogP contribution in [0.1, 0.15) is 33.6 Å². The molecule has 0 bridgehead atoms. The normalized spacial score (nSPS) is 15.5. The molecule has 11 heavy (non-hydrogen) atoms. The van der Waals surface area contributed by atoms with Crippen molar-refractivity contribution in [2.75, 3.05) is 0 Å². The molecule has 0 aromatic heterocycles. The van der Waals surface area contributed by atoms with Crippen LogP contribution in [0.15, 0.2) is 12.7 Å². The SMILES string of the molecule is C#CC(CC)(CC=C)C(C)C. The van der Waals surface area contributed by atoms with Crippen LogP contribution >= 0.6 is 0 Å². The standard InChI is InChI=1S/C11H18/c1-6-9-11(7-2,8-3)10(4)5/h2,6,10H,1,8-9H2,3-5H3. The summed E-state index contributed by atoms with van der Waals surface area (Å²) < 4.78 is 0.